The highest BCUT2D eigenvalue weighted by molar-refractivity contribution is 7.22. The second-order valence-electron chi connectivity index (χ2n) is 7.09. The molecule has 0 saturated heterocycles. The average molecular weight is 422 g/mol. The monoisotopic (exact) mass is 421 g/mol. The summed E-state index contributed by atoms with van der Waals surface area (Å²) in [6, 6.07) is 18.5. The Hall–Kier alpha value is -2.83. The average Bonchev–Trinajstić information content (AvgIpc) is 3.21. The molecule has 4 rings (SSSR count). The first-order valence-corrected chi connectivity index (χ1v) is 11.0. The van der Waals surface area contributed by atoms with Crippen molar-refractivity contribution in [2.75, 3.05) is 31.1 Å². The van der Waals surface area contributed by atoms with Gasteiger partial charge in [-0.25, -0.2) is 9.37 Å². The molecule has 6 heteroatoms. The second kappa shape index (κ2) is 8.90. The van der Waals surface area contributed by atoms with Crippen LogP contribution in [-0.4, -0.2) is 42.0 Å². The van der Waals surface area contributed by atoms with Crippen LogP contribution in [0.3, 0.4) is 0 Å². The molecule has 1 heterocycles. The van der Waals surface area contributed by atoms with Gasteiger partial charge in [0, 0.05) is 18.7 Å². The highest BCUT2D eigenvalue weighted by Crippen LogP contribution is 2.32. The Bertz CT molecular complexity index is 1180. The van der Waals surface area contributed by atoms with Gasteiger partial charge >= 0.3 is 0 Å². The zero-order chi connectivity index (χ0) is 21.1. The van der Waals surface area contributed by atoms with Gasteiger partial charge in [0.25, 0.3) is 5.91 Å². The summed E-state index contributed by atoms with van der Waals surface area (Å²) in [7, 11) is 0. The van der Waals surface area contributed by atoms with Crippen molar-refractivity contribution in [1.82, 2.24) is 9.88 Å². The third-order valence-corrected chi connectivity index (χ3v) is 6.43. The molecule has 0 atom stereocenters. The van der Waals surface area contributed by atoms with E-state index in [1.807, 2.05) is 48.5 Å². The summed E-state index contributed by atoms with van der Waals surface area (Å²) in [5, 5.41) is 2.45. The molecule has 0 aliphatic rings. The number of hydrogen-bond acceptors (Lipinski definition) is 4. The van der Waals surface area contributed by atoms with E-state index in [4.69, 9.17) is 0 Å². The first-order valence-electron chi connectivity index (χ1n) is 10.2. The number of halogens is 1. The van der Waals surface area contributed by atoms with Gasteiger partial charge in [0.1, 0.15) is 11.3 Å². The highest BCUT2D eigenvalue weighted by atomic mass is 32.1. The smallest absolute Gasteiger partial charge is 0.260 e. The van der Waals surface area contributed by atoms with Crippen LogP contribution in [0, 0.1) is 5.82 Å². The van der Waals surface area contributed by atoms with Crippen molar-refractivity contribution in [3.8, 4) is 0 Å². The summed E-state index contributed by atoms with van der Waals surface area (Å²) in [4.78, 5) is 22.1. The molecule has 4 aromatic rings. The zero-order valence-corrected chi connectivity index (χ0v) is 18.0. The highest BCUT2D eigenvalue weighted by Gasteiger charge is 2.24. The van der Waals surface area contributed by atoms with E-state index in [0.717, 1.165) is 35.1 Å². The first kappa shape index (κ1) is 20.4. The lowest BCUT2D eigenvalue weighted by Crippen LogP contribution is -2.39. The molecule has 0 aliphatic heterocycles. The van der Waals surface area contributed by atoms with Crippen LogP contribution in [0.4, 0.5) is 9.52 Å². The molecule has 0 spiro atoms. The van der Waals surface area contributed by atoms with Gasteiger partial charge in [-0.1, -0.05) is 67.6 Å². The molecule has 0 fully saturated rings. The SMILES string of the molecule is CCN(CC)CCN(C(=O)c1cccc2ccccc12)c1nc2c(F)cccc2s1. The first-order chi connectivity index (χ1) is 14.6. The van der Waals surface area contributed by atoms with Gasteiger partial charge < -0.3 is 4.90 Å². The van der Waals surface area contributed by atoms with Crippen molar-refractivity contribution < 1.29 is 9.18 Å². The third-order valence-electron chi connectivity index (χ3n) is 5.39. The predicted octanol–water partition coefficient (Wildman–Crippen LogP) is 5.58. The number of nitrogens with zero attached hydrogens (tertiary/aromatic N) is 3. The quantitative estimate of drug-likeness (QED) is 0.391. The fourth-order valence-electron chi connectivity index (χ4n) is 3.64. The number of para-hydroxylation sites is 1. The number of hydrogen-bond donors (Lipinski definition) is 0. The van der Waals surface area contributed by atoms with E-state index in [1.54, 1.807) is 11.0 Å². The van der Waals surface area contributed by atoms with Crippen molar-refractivity contribution in [3.63, 3.8) is 0 Å². The van der Waals surface area contributed by atoms with Crippen molar-refractivity contribution >= 4 is 43.4 Å². The summed E-state index contributed by atoms with van der Waals surface area (Å²) in [6.07, 6.45) is 0. The maximum Gasteiger partial charge on any atom is 0.260 e. The number of aromatic nitrogens is 1. The third kappa shape index (κ3) is 3.93. The van der Waals surface area contributed by atoms with E-state index in [1.165, 1.54) is 17.4 Å². The number of anilines is 1. The zero-order valence-electron chi connectivity index (χ0n) is 17.1. The minimum atomic E-state index is -0.365. The number of amides is 1. The van der Waals surface area contributed by atoms with Gasteiger partial charge in [-0.05, 0) is 42.1 Å². The molecule has 4 nitrogen and oxygen atoms in total. The number of likely N-dealkylation sites (N-methyl/N-ethyl adjacent to an activating group) is 1. The fourth-order valence-corrected chi connectivity index (χ4v) is 4.65. The van der Waals surface area contributed by atoms with Crippen LogP contribution in [0.2, 0.25) is 0 Å². The van der Waals surface area contributed by atoms with E-state index in [-0.39, 0.29) is 11.7 Å². The van der Waals surface area contributed by atoms with Crippen LogP contribution in [0.1, 0.15) is 24.2 Å². The molecule has 1 amide bonds. The number of benzene rings is 3. The number of fused-ring (bicyclic) bond motifs is 2. The van der Waals surface area contributed by atoms with E-state index >= 15 is 0 Å². The molecule has 0 unspecified atom stereocenters. The topological polar surface area (TPSA) is 36.4 Å². The Morgan fingerprint density at radius 1 is 0.967 bits per heavy atom. The van der Waals surface area contributed by atoms with Gasteiger partial charge in [-0.15, -0.1) is 0 Å². The molecule has 3 aromatic carbocycles. The van der Waals surface area contributed by atoms with Crippen molar-refractivity contribution in [1.29, 1.82) is 0 Å². The van der Waals surface area contributed by atoms with Crippen LogP contribution in [0.15, 0.2) is 60.7 Å². The molecular weight excluding hydrogens is 397 g/mol. The lowest BCUT2D eigenvalue weighted by atomic mass is 10.0. The number of carbonyl (C=O) groups excluding carboxylic acids is 1. The van der Waals surface area contributed by atoms with Gasteiger partial charge in [0.15, 0.2) is 5.13 Å². The second-order valence-corrected chi connectivity index (χ2v) is 8.10. The van der Waals surface area contributed by atoms with Crippen LogP contribution in [-0.2, 0) is 0 Å². The van der Waals surface area contributed by atoms with Crippen LogP contribution >= 0.6 is 11.3 Å². The molecular formula is C24H24FN3OS. The van der Waals surface area contributed by atoms with E-state index in [0.29, 0.717) is 22.8 Å². The molecule has 0 radical (unpaired) electrons. The maximum absolute atomic E-state index is 14.3. The van der Waals surface area contributed by atoms with Crippen molar-refractivity contribution in [2.24, 2.45) is 0 Å². The summed E-state index contributed by atoms with van der Waals surface area (Å²) in [6.45, 7) is 7.23. The largest absolute Gasteiger partial charge is 0.302 e. The van der Waals surface area contributed by atoms with E-state index < -0.39 is 0 Å². The summed E-state index contributed by atoms with van der Waals surface area (Å²) < 4.78 is 15.0. The van der Waals surface area contributed by atoms with Crippen molar-refractivity contribution in [3.05, 3.63) is 72.0 Å². The molecule has 0 N–H and O–H groups in total. The summed E-state index contributed by atoms with van der Waals surface area (Å²) >= 11 is 1.35. The van der Waals surface area contributed by atoms with Gasteiger partial charge in [-0.3, -0.25) is 9.69 Å². The summed E-state index contributed by atoms with van der Waals surface area (Å²) in [5.74, 6) is -0.477. The molecule has 154 valence electrons. The van der Waals surface area contributed by atoms with E-state index in [2.05, 4.69) is 23.7 Å². The van der Waals surface area contributed by atoms with Crippen LogP contribution < -0.4 is 4.90 Å². The maximum atomic E-state index is 14.3. The Kier molecular flexibility index (Phi) is 6.06. The Balaban J connectivity index is 1.77. The lowest BCUT2D eigenvalue weighted by Gasteiger charge is -2.25. The Morgan fingerprint density at radius 3 is 2.47 bits per heavy atom. The minimum absolute atomic E-state index is 0.113. The normalized spacial score (nSPS) is 11.5. The Labute approximate surface area is 179 Å². The fraction of sp³-hybridized carbons (Fsp3) is 0.250. The number of rotatable bonds is 7. The molecule has 1 aromatic heterocycles. The molecule has 30 heavy (non-hydrogen) atoms. The minimum Gasteiger partial charge on any atom is -0.302 e. The van der Waals surface area contributed by atoms with Crippen molar-refractivity contribution in [2.45, 2.75) is 13.8 Å². The standard InChI is InChI=1S/C24H24FN3OS/c1-3-27(4-2)15-16-28(24-26-22-20(25)13-8-14-21(22)30-24)23(29)19-12-7-10-17-9-5-6-11-18(17)19/h5-14H,3-4,15-16H2,1-2H3. The predicted molar refractivity (Wildman–Crippen MR) is 123 cm³/mol. The van der Waals surface area contributed by atoms with Crippen LogP contribution in [0.5, 0.6) is 0 Å². The van der Waals surface area contributed by atoms with Gasteiger partial charge in [0.05, 0.1) is 4.70 Å². The molecule has 0 bridgehead atoms. The number of carbonyl (C=O) groups is 1. The number of thiazole rings is 1. The summed E-state index contributed by atoms with van der Waals surface area (Å²) in [5.41, 5.74) is 0.948. The van der Waals surface area contributed by atoms with E-state index in [9.17, 15) is 9.18 Å². The van der Waals surface area contributed by atoms with Crippen LogP contribution in [0.25, 0.3) is 21.0 Å². The molecule has 0 saturated carbocycles. The van der Waals surface area contributed by atoms with Gasteiger partial charge in [-0.2, -0.15) is 0 Å². The Morgan fingerprint density at radius 2 is 1.70 bits per heavy atom. The van der Waals surface area contributed by atoms with Gasteiger partial charge in [0.2, 0.25) is 0 Å². The molecule has 0 aliphatic carbocycles. The lowest BCUT2D eigenvalue weighted by molar-refractivity contribution is 0.0985.